The van der Waals surface area contributed by atoms with Crippen LogP contribution in [-0.4, -0.2) is 38.8 Å². The third-order valence-electron chi connectivity index (χ3n) is 2.75. The number of unbranched alkanes of at least 4 members (excludes halogenated alkanes) is 1. The highest BCUT2D eigenvalue weighted by molar-refractivity contribution is 7.98. The Hall–Kier alpha value is -0.620. The Morgan fingerprint density at radius 1 is 1.28 bits per heavy atom. The van der Waals surface area contributed by atoms with Gasteiger partial charge in [-0.05, 0) is 54.7 Å². The van der Waals surface area contributed by atoms with E-state index in [0.29, 0.717) is 5.92 Å². The molecule has 18 heavy (non-hydrogen) atoms. The second kappa shape index (κ2) is 8.48. The lowest BCUT2D eigenvalue weighted by molar-refractivity contribution is 0.447. The minimum Gasteiger partial charge on any atom is -0.307 e. The van der Waals surface area contributed by atoms with Gasteiger partial charge in [-0.2, -0.15) is 11.8 Å². The van der Waals surface area contributed by atoms with Gasteiger partial charge in [-0.15, -0.1) is 5.10 Å². The van der Waals surface area contributed by atoms with Crippen molar-refractivity contribution in [2.75, 3.05) is 18.6 Å². The van der Waals surface area contributed by atoms with Gasteiger partial charge in [0.05, 0.1) is 6.04 Å². The van der Waals surface area contributed by atoms with Crippen molar-refractivity contribution in [1.82, 2.24) is 25.5 Å². The lowest BCUT2D eigenvalue weighted by Gasteiger charge is -2.15. The number of aromatic nitrogens is 4. The van der Waals surface area contributed by atoms with Crippen LogP contribution >= 0.6 is 11.8 Å². The molecule has 1 aromatic heterocycles. The lowest BCUT2D eigenvalue weighted by atomic mass is 10.2. The third-order valence-corrected chi connectivity index (χ3v) is 3.44. The summed E-state index contributed by atoms with van der Waals surface area (Å²) in [5, 5.41) is 15.4. The van der Waals surface area contributed by atoms with Crippen molar-refractivity contribution in [3.8, 4) is 0 Å². The topological polar surface area (TPSA) is 55.6 Å². The van der Waals surface area contributed by atoms with E-state index in [4.69, 9.17) is 0 Å². The Morgan fingerprint density at radius 2 is 2.06 bits per heavy atom. The Morgan fingerprint density at radius 3 is 2.72 bits per heavy atom. The van der Waals surface area contributed by atoms with E-state index in [9.17, 15) is 0 Å². The van der Waals surface area contributed by atoms with Gasteiger partial charge in [0.25, 0.3) is 0 Å². The number of tetrazole rings is 1. The molecule has 104 valence electrons. The summed E-state index contributed by atoms with van der Waals surface area (Å²) in [4.78, 5) is 0. The number of aryl methyl sites for hydroxylation is 1. The first-order valence-corrected chi connectivity index (χ1v) is 8.03. The van der Waals surface area contributed by atoms with Gasteiger partial charge in [0.2, 0.25) is 0 Å². The smallest absolute Gasteiger partial charge is 0.167 e. The molecule has 0 aliphatic carbocycles. The molecule has 6 heteroatoms. The number of hydrogen-bond acceptors (Lipinski definition) is 5. The summed E-state index contributed by atoms with van der Waals surface area (Å²) >= 11 is 1.89. The van der Waals surface area contributed by atoms with E-state index in [1.54, 1.807) is 0 Å². The van der Waals surface area contributed by atoms with Crippen LogP contribution in [0.5, 0.6) is 0 Å². The van der Waals surface area contributed by atoms with Crippen LogP contribution in [0, 0.1) is 5.92 Å². The fourth-order valence-electron chi connectivity index (χ4n) is 1.69. The van der Waals surface area contributed by atoms with Crippen molar-refractivity contribution in [2.24, 2.45) is 5.92 Å². The maximum absolute atomic E-state index is 4.13. The normalized spacial score (nSPS) is 13.2. The van der Waals surface area contributed by atoms with Gasteiger partial charge < -0.3 is 5.32 Å². The Kier molecular flexibility index (Phi) is 7.27. The SMILES string of the molecule is CSCCCCn1nnnc1C(C)NCC(C)C. The molecule has 0 saturated heterocycles. The molecule has 0 aliphatic heterocycles. The van der Waals surface area contributed by atoms with Gasteiger partial charge >= 0.3 is 0 Å². The molecule has 0 fully saturated rings. The Labute approximate surface area is 114 Å². The summed E-state index contributed by atoms with van der Waals surface area (Å²) in [5.74, 6) is 2.79. The Bertz CT molecular complexity index is 326. The van der Waals surface area contributed by atoms with Crippen molar-refractivity contribution in [3.63, 3.8) is 0 Å². The third kappa shape index (κ3) is 5.35. The molecule has 0 bridgehead atoms. The van der Waals surface area contributed by atoms with Crippen molar-refractivity contribution in [1.29, 1.82) is 0 Å². The zero-order chi connectivity index (χ0) is 13.4. The molecular formula is C12H25N5S. The highest BCUT2D eigenvalue weighted by Crippen LogP contribution is 2.09. The van der Waals surface area contributed by atoms with Gasteiger partial charge in [-0.1, -0.05) is 13.8 Å². The van der Waals surface area contributed by atoms with E-state index in [0.717, 1.165) is 25.3 Å². The first kappa shape index (κ1) is 15.4. The van der Waals surface area contributed by atoms with Crippen LogP contribution in [0.15, 0.2) is 0 Å². The summed E-state index contributed by atoms with van der Waals surface area (Å²) in [6.07, 6.45) is 4.49. The van der Waals surface area contributed by atoms with Gasteiger partial charge in [0.1, 0.15) is 0 Å². The van der Waals surface area contributed by atoms with Crippen LogP contribution in [0.2, 0.25) is 0 Å². The van der Waals surface area contributed by atoms with Crippen molar-refractivity contribution in [2.45, 2.75) is 46.2 Å². The molecule has 0 aromatic carbocycles. The van der Waals surface area contributed by atoms with Gasteiger partial charge in [0.15, 0.2) is 5.82 Å². The molecule has 1 aromatic rings. The minimum atomic E-state index is 0.211. The number of nitrogens with one attached hydrogen (secondary N) is 1. The van der Waals surface area contributed by atoms with Crippen LogP contribution in [0.1, 0.15) is 45.5 Å². The quantitative estimate of drug-likeness (QED) is 0.697. The zero-order valence-corrected chi connectivity index (χ0v) is 12.7. The number of nitrogens with zero attached hydrogens (tertiary/aromatic N) is 4. The van der Waals surface area contributed by atoms with Crippen molar-refractivity contribution < 1.29 is 0 Å². The molecule has 0 amide bonds. The predicted octanol–water partition coefficient (Wildman–Crippen LogP) is 2.12. The zero-order valence-electron chi connectivity index (χ0n) is 11.9. The summed E-state index contributed by atoms with van der Waals surface area (Å²) in [6.45, 7) is 8.42. The largest absolute Gasteiger partial charge is 0.307 e. The molecule has 0 aliphatic rings. The Balaban J connectivity index is 2.42. The summed E-state index contributed by atoms with van der Waals surface area (Å²) in [6, 6.07) is 0.211. The molecule has 1 N–H and O–H groups in total. The van der Waals surface area contributed by atoms with Crippen LogP contribution in [-0.2, 0) is 6.54 Å². The molecule has 0 radical (unpaired) electrons. The monoisotopic (exact) mass is 271 g/mol. The van der Waals surface area contributed by atoms with Crippen LogP contribution in [0.3, 0.4) is 0 Å². The highest BCUT2D eigenvalue weighted by Gasteiger charge is 2.13. The van der Waals surface area contributed by atoms with E-state index in [1.165, 1.54) is 12.2 Å². The van der Waals surface area contributed by atoms with Crippen LogP contribution in [0.25, 0.3) is 0 Å². The van der Waals surface area contributed by atoms with E-state index >= 15 is 0 Å². The standard InChI is InChI=1S/C12H25N5S/c1-10(2)9-13-11(3)12-14-15-16-17(12)7-5-6-8-18-4/h10-11,13H,5-9H2,1-4H3. The minimum absolute atomic E-state index is 0.211. The summed E-state index contributed by atoms with van der Waals surface area (Å²) in [7, 11) is 0. The molecule has 1 heterocycles. The van der Waals surface area contributed by atoms with Gasteiger partial charge in [0, 0.05) is 6.54 Å². The maximum Gasteiger partial charge on any atom is 0.167 e. The van der Waals surface area contributed by atoms with Gasteiger partial charge in [-0.25, -0.2) is 4.68 Å². The fourth-order valence-corrected chi connectivity index (χ4v) is 2.19. The average molecular weight is 271 g/mol. The number of rotatable bonds is 9. The summed E-state index contributed by atoms with van der Waals surface area (Å²) < 4.78 is 1.93. The van der Waals surface area contributed by atoms with Crippen molar-refractivity contribution >= 4 is 11.8 Å². The fraction of sp³-hybridized carbons (Fsp3) is 0.917. The van der Waals surface area contributed by atoms with E-state index in [-0.39, 0.29) is 6.04 Å². The molecule has 1 atom stereocenters. The highest BCUT2D eigenvalue weighted by atomic mass is 32.2. The first-order chi connectivity index (χ1) is 8.65. The molecule has 1 rings (SSSR count). The molecule has 5 nitrogen and oxygen atoms in total. The van der Waals surface area contributed by atoms with Crippen molar-refractivity contribution in [3.05, 3.63) is 5.82 Å². The first-order valence-electron chi connectivity index (χ1n) is 6.63. The second-order valence-corrected chi connectivity index (χ2v) is 5.97. The van der Waals surface area contributed by atoms with Gasteiger partial charge in [-0.3, -0.25) is 0 Å². The van der Waals surface area contributed by atoms with E-state index in [2.05, 4.69) is 47.9 Å². The average Bonchev–Trinajstić information content (AvgIpc) is 2.80. The van der Waals surface area contributed by atoms with E-state index < -0.39 is 0 Å². The second-order valence-electron chi connectivity index (χ2n) is 4.98. The molecule has 0 saturated carbocycles. The maximum atomic E-state index is 4.13. The van der Waals surface area contributed by atoms with Crippen LogP contribution in [0.4, 0.5) is 0 Å². The van der Waals surface area contributed by atoms with Crippen LogP contribution < -0.4 is 5.32 Å². The number of hydrogen-bond donors (Lipinski definition) is 1. The lowest BCUT2D eigenvalue weighted by Crippen LogP contribution is -2.26. The summed E-state index contributed by atoms with van der Waals surface area (Å²) in [5.41, 5.74) is 0. The molecule has 0 spiro atoms. The number of thioether (sulfide) groups is 1. The predicted molar refractivity (Wildman–Crippen MR) is 76.7 cm³/mol. The van der Waals surface area contributed by atoms with E-state index in [1.807, 2.05) is 16.4 Å². The molecular weight excluding hydrogens is 246 g/mol. The molecule has 1 unspecified atom stereocenters.